The molecule has 0 aliphatic heterocycles. The Morgan fingerprint density at radius 2 is 2.14 bits per heavy atom. The van der Waals surface area contributed by atoms with Gasteiger partial charge in [-0.2, -0.15) is 10.4 Å². The monoisotopic (exact) mass is 386 g/mol. The summed E-state index contributed by atoms with van der Waals surface area (Å²) in [6, 6.07) is 14.1. The molecule has 1 atom stereocenters. The average molecular weight is 386 g/mol. The molecule has 2 aromatic heterocycles. The maximum atomic E-state index is 11.5. The fraction of sp³-hybridized carbons (Fsp3) is 0.304. The predicted octanol–water partition coefficient (Wildman–Crippen LogP) is 3.98. The van der Waals surface area contributed by atoms with Crippen molar-refractivity contribution in [3.8, 4) is 23.0 Å². The molecule has 0 amide bonds. The summed E-state index contributed by atoms with van der Waals surface area (Å²) in [6.07, 6.45) is 7.28. The lowest BCUT2D eigenvalue weighted by atomic mass is 9.82. The number of carbonyl (C=O) groups excluding carboxylic acids is 1. The molecule has 29 heavy (non-hydrogen) atoms. The third kappa shape index (κ3) is 3.77. The van der Waals surface area contributed by atoms with Crippen LogP contribution in [-0.2, 0) is 22.4 Å². The Bertz CT molecular complexity index is 1050. The molecule has 0 bridgehead atoms. The minimum absolute atomic E-state index is 0.186. The minimum Gasteiger partial charge on any atom is -0.469 e. The Hall–Kier alpha value is -3.46. The molecule has 0 saturated carbocycles. The minimum atomic E-state index is -0.257. The van der Waals surface area contributed by atoms with Crippen LogP contribution in [0.3, 0.4) is 0 Å². The van der Waals surface area contributed by atoms with Crippen molar-refractivity contribution in [3.63, 3.8) is 0 Å². The number of esters is 1. The van der Waals surface area contributed by atoms with Gasteiger partial charge in [0.25, 0.3) is 0 Å². The van der Waals surface area contributed by atoms with Gasteiger partial charge in [-0.15, -0.1) is 0 Å². The molecule has 1 aliphatic carbocycles. The van der Waals surface area contributed by atoms with Crippen molar-refractivity contribution in [2.24, 2.45) is 0 Å². The van der Waals surface area contributed by atoms with Gasteiger partial charge in [-0.25, -0.2) is 4.68 Å². The Morgan fingerprint density at radius 1 is 1.31 bits per heavy atom. The van der Waals surface area contributed by atoms with Gasteiger partial charge in [0.15, 0.2) is 0 Å². The number of carbonyl (C=O) groups is 1. The number of ether oxygens (including phenoxy) is 1. The maximum absolute atomic E-state index is 11.5. The van der Waals surface area contributed by atoms with E-state index in [1.54, 1.807) is 6.20 Å². The maximum Gasteiger partial charge on any atom is 0.309 e. The lowest BCUT2D eigenvalue weighted by Gasteiger charge is -2.22. The number of nitriles is 1. The number of hydrogen-bond acceptors (Lipinski definition) is 5. The first-order valence-electron chi connectivity index (χ1n) is 9.76. The summed E-state index contributed by atoms with van der Waals surface area (Å²) in [5.41, 5.74) is 6.06. The summed E-state index contributed by atoms with van der Waals surface area (Å²) in [6.45, 7) is 0. The predicted molar refractivity (Wildman–Crippen MR) is 108 cm³/mol. The molecule has 4 rings (SSSR count). The molecule has 6 nitrogen and oxygen atoms in total. The quantitative estimate of drug-likeness (QED) is 0.620. The molecular formula is C23H22N4O2. The van der Waals surface area contributed by atoms with E-state index in [1.165, 1.54) is 12.7 Å². The highest BCUT2D eigenvalue weighted by Gasteiger charge is 2.29. The van der Waals surface area contributed by atoms with Crippen LogP contribution in [0, 0.1) is 11.3 Å². The van der Waals surface area contributed by atoms with E-state index in [1.807, 2.05) is 47.3 Å². The summed E-state index contributed by atoms with van der Waals surface area (Å²) in [5, 5.41) is 14.3. The highest BCUT2D eigenvalue weighted by atomic mass is 16.5. The second-order valence-corrected chi connectivity index (χ2v) is 7.23. The molecule has 0 radical (unpaired) electrons. The molecule has 3 aromatic rings. The molecule has 0 fully saturated rings. The van der Waals surface area contributed by atoms with E-state index in [0.29, 0.717) is 6.42 Å². The first kappa shape index (κ1) is 18.9. The number of aromatic nitrogens is 3. The van der Waals surface area contributed by atoms with E-state index in [9.17, 15) is 10.1 Å². The Balaban J connectivity index is 1.79. The number of methoxy groups -OCH3 is 1. The second-order valence-electron chi connectivity index (χ2n) is 7.23. The van der Waals surface area contributed by atoms with E-state index < -0.39 is 0 Å². The molecule has 0 saturated heterocycles. The van der Waals surface area contributed by atoms with Crippen LogP contribution >= 0.6 is 0 Å². The van der Waals surface area contributed by atoms with Crippen LogP contribution < -0.4 is 0 Å². The van der Waals surface area contributed by atoms with Crippen molar-refractivity contribution in [1.82, 2.24) is 14.8 Å². The van der Waals surface area contributed by atoms with E-state index >= 15 is 0 Å². The van der Waals surface area contributed by atoms with Crippen LogP contribution in [0.4, 0.5) is 0 Å². The van der Waals surface area contributed by atoms with Crippen molar-refractivity contribution >= 4 is 5.97 Å². The van der Waals surface area contributed by atoms with Crippen LogP contribution in [0.1, 0.15) is 42.0 Å². The topological polar surface area (TPSA) is 80.8 Å². The number of benzene rings is 1. The first-order valence-corrected chi connectivity index (χ1v) is 9.76. The van der Waals surface area contributed by atoms with Gasteiger partial charge < -0.3 is 4.74 Å². The first-order chi connectivity index (χ1) is 14.2. The van der Waals surface area contributed by atoms with E-state index in [-0.39, 0.29) is 18.3 Å². The second kappa shape index (κ2) is 8.27. The molecule has 1 aromatic carbocycles. The van der Waals surface area contributed by atoms with Gasteiger partial charge in [-0.3, -0.25) is 9.78 Å². The zero-order valence-electron chi connectivity index (χ0n) is 16.3. The zero-order chi connectivity index (χ0) is 20.2. The summed E-state index contributed by atoms with van der Waals surface area (Å²) in [4.78, 5) is 15.8. The fourth-order valence-corrected chi connectivity index (χ4v) is 4.03. The van der Waals surface area contributed by atoms with Crippen LogP contribution in [-0.4, -0.2) is 27.8 Å². The van der Waals surface area contributed by atoms with Crippen LogP contribution in [0.2, 0.25) is 0 Å². The molecule has 0 N–H and O–H groups in total. The molecule has 2 heterocycles. The molecule has 1 unspecified atom stereocenters. The molecule has 146 valence electrons. The van der Waals surface area contributed by atoms with E-state index in [2.05, 4.69) is 11.1 Å². The van der Waals surface area contributed by atoms with Gasteiger partial charge in [-0.05, 0) is 49.1 Å². The van der Waals surface area contributed by atoms with Gasteiger partial charge in [0, 0.05) is 41.6 Å². The highest BCUT2D eigenvalue weighted by molar-refractivity contribution is 5.72. The molecular weight excluding hydrogens is 364 g/mol. The summed E-state index contributed by atoms with van der Waals surface area (Å²) in [5.74, 6) is -0.0706. The van der Waals surface area contributed by atoms with Crippen molar-refractivity contribution < 1.29 is 9.53 Å². The standard InChI is InChI=1S/C23H22N4O2/c1-29-21(28)14-16-7-9-19(10-8-16)27-20-6-2-4-17(11-12-24)22(20)23(26-27)18-5-3-13-25-15-18/h3,5,7-10,13,15,17H,2,4,6,11,14H2,1H3. The number of fused-ring (bicyclic) bond motifs is 1. The highest BCUT2D eigenvalue weighted by Crippen LogP contribution is 2.40. The number of pyridine rings is 1. The van der Waals surface area contributed by atoms with Gasteiger partial charge in [0.2, 0.25) is 0 Å². The third-order valence-electron chi connectivity index (χ3n) is 5.43. The van der Waals surface area contributed by atoms with Crippen molar-refractivity contribution in [2.45, 2.75) is 38.0 Å². The SMILES string of the molecule is COC(=O)Cc1ccc(-n2nc(-c3cccnc3)c3c2CCCC3CC#N)cc1. The van der Waals surface area contributed by atoms with E-state index in [0.717, 1.165) is 47.5 Å². The van der Waals surface area contributed by atoms with Crippen LogP contribution in [0.5, 0.6) is 0 Å². The average Bonchev–Trinajstić information content (AvgIpc) is 3.16. The van der Waals surface area contributed by atoms with Crippen LogP contribution in [0.15, 0.2) is 48.8 Å². The Kier molecular flexibility index (Phi) is 5.39. The van der Waals surface area contributed by atoms with Gasteiger partial charge in [0.1, 0.15) is 0 Å². The Labute approximate surface area is 169 Å². The number of rotatable bonds is 5. The molecule has 6 heteroatoms. The summed E-state index contributed by atoms with van der Waals surface area (Å²) >= 11 is 0. The normalized spacial score (nSPS) is 15.4. The number of hydrogen-bond donors (Lipinski definition) is 0. The summed E-state index contributed by atoms with van der Waals surface area (Å²) in [7, 11) is 1.39. The zero-order valence-corrected chi connectivity index (χ0v) is 16.3. The molecule has 0 spiro atoms. The third-order valence-corrected chi connectivity index (χ3v) is 5.43. The largest absolute Gasteiger partial charge is 0.469 e. The number of nitrogens with zero attached hydrogens (tertiary/aromatic N) is 4. The van der Waals surface area contributed by atoms with Gasteiger partial charge in [-0.1, -0.05) is 12.1 Å². The fourth-order valence-electron chi connectivity index (χ4n) is 4.03. The van der Waals surface area contributed by atoms with Gasteiger partial charge in [0.05, 0.1) is 31.0 Å². The lowest BCUT2D eigenvalue weighted by Crippen LogP contribution is -2.12. The lowest BCUT2D eigenvalue weighted by molar-refractivity contribution is -0.139. The Morgan fingerprint density at radius 3 is 2.83 bits per heavy atom. The smallest absolute Gasteiger partial charge is 0.309 e. The van der Waals surface area contributed by atoms with Crippen molar-refractivity contribution in [2.75, 3.05) is 7.11 Å². The van der Waals surface area contributed by atoms with Crippen LogP contribution in [0.25, 0.3) is 16.9 Å². The summed E-state index contributed by atoms with van der Waals surface area (Å²) < 4.78 is 6.73. The molecule has 1 aliphatic rings. The van der Waals surface area contributed by atoms with Crippen molar-refractivity contribution in [1.29, 1.82) is 5.26 Å². The van der Waals surface area contributed by atoms with Gasteiger partial charge >= 0.3 is 5.97 Å². The van der Waals surface area contributed by atoms with Crippen molar-refractivity contribution in [3.05, 3.63) is 65.6 Å². The van der Waals surface area contributed by atoms with E-state index in [4.69, 9.17) is 9.84 Å².